The molecule has 0 aliphatic rings. The second-order valence-electron chi connectivity index (χ2n) is 2.92. The number of carbonyl (C=O) groups excluding carboxylic acids is 1. The van der Waals surface area contributed by atoms with Crippen LogP contribution in [-0.4, -0.2) is 11.0 Å². The second-order valence-corrected chi connectivity index (χ2v) is 3.32. The van der Waals surface area contributed by atoms with Crippen molar-refractivity contribution in [2.24, 2.45) is 0 Å². The first-order valence-electron chi connectivity index (χ1n) is 4.35. The third-order valence-electron chi connectivity index (χ3n) is 1.72. The number of halogens is 1. The topological polar surface area (TPSA) is 49.3 Å². The van der Waals surface area contributed by atoms with Gasteiger partial charge in [0.15, 0.2) is 0 Å². The highest BCUT2D eigenvalue weighted by Crippen LogP contribution is 2.25. The summed E-state index contributed by atoms with van der Waals surface area (Å²) >= 11 is 5.79. The lowest BCUT2D eigenvalue weighted by Crippen LogP contribution is -2.10. The Kier molecular flexibility index (Phi) is 4.02. The summed E-state index contributed by atoms with van der Waals surface area (Å²) in [4.78, 5) is 11.3. The van der Waals surface area contributed by atoms with Gasteiger partial charge in [0.1, 0.15) is 5.75 Å². The van der Waals surface area contributed by atoms with E-state index >= 15 is 0 Å². The largest absolute Gasteiger partial charge is 0.508 e. The maximum absolute atomic E-state index is 11.3. The summed E-state index contributed by atoms with van der Waals surface area (Å²) in [5.74, 6) is 2.24. The maximum atomic E-state index is 11.3. The lowest BCUT2D eigenvalue weighted by atomic mass is 10.2. The van der Waals surface area contributed by atoms with Gasteiger partial charge in [0.2, 0.25) is 5.91 Å². The van der Waals surface area contributed by atoms with E-state index in [-0.39, 0.29) is 18.1 Å². The van der Waals surface area contributed by atoms with Gasteiger partial charge < -0.3 is 10.4 Å². The molecular formula is C11H10ClNO2. The van der Waals surface area contributed by atoms with E-state index in [1.807, 2.05) is 0 Å². The summed E-state index contributed by atoms with van der Waals surface area (Å²) in [7, 11) is 0. The number of phenolic OH excluding ortho intramolecular Hbond substituents is 1. The molecule has 78 valence electrons. The van der Waals surface area contributed by atoms with E-state index in [4.69, 9.17) is 23.1 Å². The predicted molar refractivity (Wildman–Crippen MR) is 59.8 cm³/mol. The standard InChI is InChI=1S/C11H10ClNO2/c1-2-3-4-11(15)13-10-6-5-8(14)7-9(10)12/h1,5-7,14H,3-4H2,(H,13,15). The molecule has 1 aromatic rings. The molecule has 2 N–H and O–H groups in total. The van der Waals surface area contributed by atoms with Crippen LogP contribution in [0.3, 0.4) is 0 Å². The summed E-state index contributed by atoms with van der Waals surface area (Å²) in [5.41, 5.74) is 0.469. The Bertz CT molecular complexity index is 410. The van der Waals surface area contributed by atoms with E-state index in [1.54, 1.807) is 0 Å². The number of terminal acetylenes is 1. The van der Waals surface area contributed by atoms with Crippen LogP contribution in [0.25, 0.3) is 0 Å². The van der Waals surface area contributed by atoms with Gasteiger partial charge in [-0.15, -0.1) is 12.3 Å². The fraction of sp³-hybridized carbons (Fsp3) is 0.182. The van der Waals surface area contributed by atoms with Crippen LogP contribution in [0.2, 0.25) is 5.02 Å². The first kappa shape index (κ1) is 11.4. The molecule has 0 heterocycles. The monoisotopic (exact) mass is 223 g/mol. The molecule has 0 atom stereocenters. The molecule has 1 aromatic carbocycles. The zero-order valence-electron chi connectivity index (χ0n) is 7.96. The van der Waals surface area contributed by atoms with Gasteiger partial charge >= 0.3 is 0 Å². The Labute approximate surface area is 93.1 Å². The molecule has 0 fully saturated rings. The van der Waals surface area contributed by atoms with Gasteiger partial charge in [-0.1, -0.05) is 11.6 Å². The highest BCUT2D eigenvalue weighted by atomic mass is 35.5. The van der Waals surface area contributed by atoms with Gasteiger partial charge in [-0.05, 0) is 12.1 Å². The van der Waals surface area contributed by atoms with E-state index in [0.29, 0.717) is 17.1 Å². The number of hydrogen-bond donors (Lipinski definition) is 2. The van der Waals surface area contributed by atoms with Crippen LogP contribution in [0.4, 0.5) is 5.69 Å². The molecule has 0 bridgehead atoms. The molecule has 0 aliphatic heterocycles. The summed E-state index contributed by atoms with van der Waals surface area (Å²) in [6.07, 6.45) is 5.68. The third kappa shape index (κ3) is 3.53. The average molecular weight is 224 g/mol. The van der Waals surface area contributed by atoms with Crippen LogP contribution < -0.4 is 5.32 Å². The van der Waals surface area contributed by atoms with E-state index in [9.17, 15) is 4.79 Å². The summed E-state index contributed by atoms with van der Waals surface area (Å²) in [6, 6.07) is 4.34. The minimum atomic E-state index is -0.194. The molecule has 0 aromatic heterocycles. The molecule has 15 heavy (non-hydrogen) atoms. The Morgan fingerprint density at radius 2 is 2.33 bits per heavy atom. The zero-order valence-corrected chi connectivity index (χ0v) is 8.71. The number of nitrogens with one attached hydrogen (secondary N) is 1. The van der Waals surface area contributed by atoms with Crippen LogP contribution >= 0.6 is 11.6 Å². The SMILES string of the molecule is C#CCCC(=O)Nc1ccc(O)cc1Cl. The van der Waals surface area contributed by atoms with Crippen molar-refractivity contribution in [1.29, 1.82) is 0 Å². The number of phenols is 1. The molecule has 0 saturated heterocycles. The molecule has 0 unspecified atom stereocenters. The van der Waals surface area contributed by atoms with Crippen molar-refractivity contribution >= 4 is 23.2 Å². The van der Waals surface area contributed by atoms with Crippen molar-refractivity contribution in [1.82, 2.24) is 0 Å². The van der Waals surface area contributed by atoms with Gasteiger partial charge in [-0.25, -0.2) is 0 Å². The van der Waals surface area contributed by atoms with Crippen molar-refractivity contribution in [3.05, 3.63) is 23.2 Å². The summed E-state index contributed by atoms with van der Waals surface area (Å²) in [5, 5.41) is 12.0. The van der Waals surface area contributed by atoms with Gasteiger partial charge in [0.25, 0.3) is 0 Å². The van der Waals surface area contributed by atoms with Crippen LogP contribution in [0.15, 0.2) is 18.2 Å². The molecule has 0 radical (unpaired) electrons. The van der Waals surface area contributed by atoms with Crippen molar-refractivity contribution < 1.29 is 9.90 Å². The summed E-state index contributed by atoms with van der Waals surface area (Å²) in [6.45, 7) is 0. The number of hydrogen-bond acceptors (Lipinski definition) is 2. The number of anilines is 1. The Morgan fingerprint density at radius 3 is 2.93 bits per heavy atom. The van der Waals surface area contributed by atoms with Crippen molar-refractivity contribution in [3.63, 3.8) is 0 Å². The molecule has 3 nitrogen and oxygen atoms in total. The van der Waals surface area contributed by atoms with E-state index in [2.05, 4.69) is 11.2 Å². The second kappa shape index (κ2) is 5.28. The average Bonchev–Trinajstić information content (AvgIpc) is 2.19. The number of amides is 1. The molecule has 1 amide bonds. The van der Waals surface area contributed by atoms with Crippen LogP contribution in [0.5, 0.6) is 5.75 Å². The van der Waals surface area contributed by atoms with Crippen LogP contribution in [-0.2, 0) is 4.79 Å². The Hall–Kier alpha value is -1.66. The van der Waals surface area contributed by atoms with Crippen LogP contribution in [0, 0.1) is 12.3 Å². The van der Waals surface area contributed by atoms with Gasteiger partial charge in [-0.3, -0.25) is 4.79 Å². The fourth-order valence-electron chi connectivity index (χ4n) is 1.00. The van der Waals surface area contributed by atoms with Crippen LogP contribution in [0.1, 0.15) is 12.8 Å². The van der Waals surface area contributed by atoms with Gasteiger partial charge in [-0.2, -0.15) is 0 Å². The highest BCUT2D eigenvalue weighted by Gasteiger charge is 2.05. The first-order chi connectivity index (χ1) is 7.13. The lowest BCUT2D eigenvalue weighted by molar-refractivity contribution is -0.116. The molecule has 1 rings (SSSR count). The first-order valence-corrected chi connectivity index (χ1v) is 4.73. The lowest BCUT2D eigenvalue weighted by Gasteiger charge is -2.06. The highest BCUT2D eigenvalue weighted by molar-refractivity contribution is 6.33. The Morgan fingerprint density at radius 1 is 1.60 bits per heavy atom. The molecule has 0 saturated carbocycles. The number of rotatable bonds is 3. The third-order valence-corrected chi connectivity index (χ3v) is 2.04. The van der Waals surface area contributed by atoms with E-state index < -0.39 is 0 Å². The van der Waals surface area contributed by atoms with Crippen molar-refractivity contribution in [2.75, 3.05) is 5.32 Å². The number of aromatic hydroxyl groups is 1. The smallest absolute Gasteiger partial charge is 0.225 e. The van der Waals surface area contributed by atoms with Crippen molar-refractivity contribution in [2.45, 2.75) is 12.8 Å². The summed E-state index contributed by atoms with van der Waals surface area (Å²) < 4.78 is 0. The maximum Gasteiger partial charge on any atom is 0.225 e. The van der Waals surface area contributed by atoms with E-state index in [0.717, 1.165) is 0 Å². The molecule has 0 spiro atoms. The molecule has 4 heteroatoms. The quantitative estimate of drug-likeness (QED) is 0.611. The zero-order chi connectivity index (χ0) is 11.3. The number of benzene rings is 1. The minimum absolute atomic E-state index is 0.0571. The van der Waals surface area contributed by atoms with E-state index in [1.165, 1.54) is 18.2 Å². The normalized spacial score (nSPS) is 9.33. The minimum Gasteiger partial charge on any atom is -0.508 e. The van der Waals surface area contributed by atoms with Gasteiger partial charge in [0.05, 0.1) is 10.7 Å². The Balaban J connectivity index is 2.65. The van der Waals surface area contributed by atoms with Crippen molar-refractivity contribution in [3.8, 4) is 18.1 Å². The number of carbonyl (C=O) groups is 1. The molecular weight excluding hydrogens is 214 g/mol. The predicted octanol–water partition coefficient (Wildman–Crippen LogP) is 2.40. The molecule has 0 aliphatic carbocycles. The van der Waals surface area contributed by atoms with Gasteiger partial charge in [0, 0.05) is 18.9 Å². The fourth-order valence-corrected chi connectivity index (χ4v) is 1.23.